The molecule has 1 nitrogen and oxygen atoms in total. The van der Waals surface area contributed by atoms with E-state index in [0.717, 1.165) is 13.1 Å². The zero-order valence-corrected chi connectivity index (χ0v) is 12.2. The summed E-state index contributed by atoms with van der Waals surface area (Å²) in [6.07, 6.45) is 1.19. The third-order valence-corrected chi connectivity index (χ3v) is 4.15. The Bertz CT molecular complexity index is 514. The summed E-state index contributed by atoms with van der Waals surface area (Å²) in [5.74, 6) is 0. The van der Waals surface area contributed by atoms with Gasteiger partial charge in [0.2, 0.25) is 0 Å². The molecule has 0 aliphatic heterocycles. The third kappa shape index (κ3) is 3.21. The predicted octanol–water partition coefficient (Wildman–Crippen LogP) is 4.53. The Labute approximate surface area is 114 Å². The van der Waals surface area contributed by atoms with Crippen molar-refractivity contribution >= 4 is 11.3 Å². The molecule has 0 fully saturated rings. The van der Waals surface area contributed by atoms with Crippen molar-refractivity contribution in [3.8, 4) is 10.4 Å². The van der Waals surface area contributed by atoms with E-state index >= 15 is 0 Å². The summed E-state index contributed by atoms with van der Waals surface area (Å²) in [4.78, 5) is 2.79. The Morgan fingerprint density at radius 1 is 1.11 bits per heavy atom. The van der Waals surface area contributed by atoms with E-state index in [1.807, 2.05) is 11.3 Å². The van der Waals surface area contributed by atoms with Gasteiger partial charge in [0.15, 0.2) is 0 Å². The van der Waals surface area contributed by atoms with Crippen LogP contribution in [0.4, 0.5) is 0 Å². The first kappa shape index (κ1) is 13.3. The molecule has 0 radical (unpaired) electrons. The highest BCUT2D eigenvalue weighted by atomic mass is 32.1. The Balaban J connectivity index is 2.13. The molecule has 0 spiro atoms. The second-order valence-electron chi connectivity index (χ2n) is 4.76. The number of benzene rings is 1. The predicted molar refractivity (Wildman–Crippen MR) is 81.2 cm³/mol. The van der Waals surface area contributed by atoms with Crippen molar-refractivity contribution < 1.29 is 0 Å². The van der Waals surface area contributed by atoms with Crippen LogP contribution in [-0.4, -0.2) is 6.54 Å². The van der Waals surface area contributed by atoms with Gasteiger partial charge in [-0.05, 0) is 50.1 Å². The minimum Gasteiger partial charge on any atom is -0.312 e. The Morgan fingerprint density at radius 2 is 1.94 bits per heavy atom. The van der Waals surface area contributed by atoms with Gasteiger partial charge in [0, 0.05) is 16.3 Å². The van der Waals surface area contributed by atoms with Crippen LogP contribution in [0.3, 0.4) is 0 Å². The lowest BCUT2D eigenvalue weighted by Gasteiger charge is -2.04. The zero-order valence-electron chi connectivity index (χ0n) is 11.4. The van der Waals surface area contributed by atoms with Crippen LogP contribution in [0.1, 0.15) is 29.3 Å². The molecule has 2 heteroatoms. The second kappa shape index (κ2) is 6.17. The molecule has 1 aromatic carbocycles. The first-order valence-corrected chi connectivity index (χ1v) is 7.39. The van der Waals surface area contributed by atoms with E-state index in [4.69, 9.17) is 0 Å². The molecule has 0 aliphatic rings. The average Bonchev–Trinajstić information content (AvgIpc) is 2.78. The molecular weight excluding hydrogens is 238 g/mol. The molecule has 1 heterocycles. The van der Waals surface area contributed by atoms with Crippen LogP contribution in [-0.2, 0) is 6.54 Å². The molecule has 0 bridgehead atoms. The SMILES string of the molecule is CCCNCc1ccc(-c2ccc(C)cc2C)s1. The lowest BCUT2D eigenvalue weighted by Crippen LogP contribution is -2.12. The summed E-state index contributed by atoms with van der Waals surface area (Å²) in [6.45, 7) is 8.62. The highest BCUT2D eigenvalue weighted by Gasteiger charge is 2.05. The summed E-state index contributed by atoms with van der Waals surface area (Å²) in [7, 11) is 0. The molecular formula is C16H21NS. The molecule has 1 aromatic heterocycles. The number of nitrogens with one attached hydrogen (secondary N) is 1. The fourth-order valence-corrected chi connectivity index (χ4v) is 3.16. The minimum atomic E-state index is 0.989. The summed E-state index contributed by atoms with van der Waals surface area (Å²) < 4.78 is 0. The van der Waals surface area contributed by atoms with Crippen molar-refractivity contribution in [3.05, 3.63) is 46.3 Å². The lowest BCUT2D eigenvalue weighted by molar-refractivity contribution is 0.681. The minimum absolute atomic E-state index is 0.989. The molecule has 0 amide bonds. The Kier molecular flexibility index (Phi) is 4.56. The van der Waals surface area contributed by atoms with Gasteiger partial charge in [-0.3, -0.25) is 0 Å². The van der Waals surface area contributed by atoms with Gasteiger partial charge in [-0.15, -0.1) is 11.3 Å². The van der Waals surface area contributed by atoms with E-state index in [-0.39, 0.29) is 0 Å². The molecule has 1 N–H and O–H groups in total. The molecule has 2 rings (SSSR count). The van der Waals surface area contributed by atoms with Crippen LogP contribution in [0, 0.1) is 13.8 Å². The second-order valence-corrected chi connectivity index (χ2v) is 5.93. The average molecular weight is 259 g/mol. The maximum atomic E-state index is 3.45. The van der Waals surface area contributed by atoms with Crippen molar-refractivity contribution in [1.29, 1.82) is 0 Å². The van der Waals surface area contributed by atoms with E-state index < -0.39 is 0 Å². The molecule has 0 saturated heterocycles. The van der Waals surface area contributed by atoms with Crippen LogP contribution < -0.4 is 5.32 Å². The van der Waals surface area contributed by atoms with Gasteiger partial charge < -0.3 is 5.32 Å². The first-order valence-electron chi connectivity index (χ1n) is 6.57. The molecule has 2 aromatic rings. The van der Waals surface area contributed by atoms with Crippen LogP contribution in [0.15, 0.2) is 30.3 Å². The van der Waals surface area contributed by atoms with E-state index in [2.05, 4.69) is 56.4 Å². The van der Waals surface area contributed by atoms with Crippen molar-refractivity contribution in [2.75, 3.05) is 6.54 Å². The van der Waals surface area contributed by atoms with Gasteiger partial charge in [0.05, 0.1) is 0 Å². The van der Waals surface area contributed by atoms with Gasteiger partial charge in [0.25, 0.3) is 0 Å². The smallest absolute Gasteiger partial charge is 0.0348 e. The monoisotopic (exact) mass is 259 g/mol. The van der Waals surface area contributed by atoms with E-state index in [9.17, 15) is 0 Å². The Morgan fingerprint density at radius 3 is 2.67 bits per heavy atom. The molecule has 18 heavy (non-hydrogen) atoms. The summed E-state index contributed by atoms with van der Waals surface area (Å²) >= 11 is 1.89. The van der Waals surface area contributed by atoms with Crippen molar-refractivity contribution in [2.24, 2.45) is 0 Å². The topological polar surface area (TPSA) is 12.0 Å². The van der Waals surface area contributed by atoms with E-state index in [1.165, 1.54) is 32.9 Å². The largest absolute Gasteiger partial charge is 0.312 e. The number of thiophene rings is 1. The van der Waals surface area contributed by atoms with Crippen molar-refractivity contribution in [2.45, 2.75) is 33.7 Å². The number of rotatable bonds is 5. The van der Waals surface area contributed by atoms with Gasteiger partial charge in [0.1, 0.15) is 0 Å². The number of hydrogen-bond donors (Lipinski definition) is 1. The number of hydrogen-bond acceptors (Lipinski definition) is 2. The van der Waals surface area contributed by atoms with Crippen LogP contribution in [0.5, 0.6) is 0 Å². The van der Waals surface area contributed by atoms with Gasteiger partial charge in [-0.1, -0.05) is 30.7 Å². The number of aryl methyl sites for hydroxylation is 2. The van der Waals surface area contributed by atoms with Crippen LogP contribution >= 0.6 is 11.3 Å². The normalized spacial score (nSPS) is 10.8. The van der Waals surface area contributed by atoms with Gasteiger partial charge in [-0.2, -0.15) is 0 Å². The van der Waals surface area contributed by atoms with Crippen LogP contribution in [0.25, 0.3) is 10.4 Å². The van der Waals surface area contributed by atoms with E-state index in [0.29, 0.717) is 0 Å². The fourth-order valence-electron chi connectivity index (χ4n) is 2.10. The highest BCUT2D eigenvalue weighted by molar-refractivity contribution is 7.15. The molecule has 96 valence electrons. The standard InChI is InChI=1S/C16H21NS/c1-4-9-17-11-14-6-8-16(18-14)15-7-5-12(2)10-13(15)3/h5-8,10,17H,4,9,11H2,1-3H3. The van der Waals surface area contributed by atoms with Crippen molar-refractivity contribution in [1.82, 2.24) is 5.32 Å². The maximum absolute atomic E-state index is 3.45. The first-order chi connectivity index (χ1) is 8.70. The van der Waals surface area contributed by atoms with Crippen LogP contribution in [0.2, 0.25) is 0 Å². The van der Waals surface area contributed by atoms with Crippen molar-refractivity contribution in [3.63, 3.8) is 0 Å². The van der Waals surface area contributed by atoms with Gasteiger partial charge in [-0.25, -0.2) is 0 Å². The highest BCUT2D eigenvalue weighted by Crippen LogP contribution is 2.30. The lowest BCUT2D eigenvalue weighted by atomic mass is 10.0. The molecule has 0 saturated carbocycles. The summed E-state index contributed by atoms with van der Waals surface area (Å²) in [5, 5.41) is 3.45. The molecule has 0 aliphatic carbocycles. The fraction of sp³-hybridized carbons (Fsp3) is 0.375. The maximum Gasteiger partial charge on any atom is 0.0348 e. The zero-order chi connectivity index (χ0) is 13.0. The molecule has 0 atom stereocenters. The van der Waals surface area contributed by atoms with Gasteiger partial charge >= 0.3 is 0 Å². The summed E-state index contributed by atoms with van der Waals surface area (Å²) in [6, 6.07) is 11.2. The quantitative estimate of drug-likeness (QED) is 0.778. The third-order valence-electron chi connectivity index (χ3n) is 3.04. The summed E-state index contributed by atoms with van der Waals surface area (Å²) in [5.41, 5.74) is 4.06. The molecule has 0 unspecified atom stereocenters. The Hall–Kier alpha value is -1.12. The van der Waals surface area contributed by atoms with E-state index in [1.54, 1.807) is 0 Å².